The van der Waals surface area contributed by atoms with E-state index in [4.69, 9.17) is 9.26 Å². The molecule has 0 radical (unpaired) electrons. The van der Waals surface area contributed by atoms with E-state index in [1.165, 1.54) is 0 Å². The van der Waals surface area contributed by atoms with Crippen molar-refractivity contribution >= 4 is 8.32 Å². The first-order chi connectivity index (χ1) is 12.4. The fourth-order valence-corrected chi connectivity index (χ4v) is 3.48. The zero-order valence-electron chi connectivity index (χ0n) is 16.1. The molecule has 0 spiro atoms. The summed E-state index contributed by atoms with van der Waals surface area (Å²) in [5.74, 6) is 0. The largest absolute Gasteiger partial charge is 0.371 e. The summed E-state index contributed by atoms with van der Waals surface area (Å²) < 4.78 is 12.2. The van der Waals surface area contributed by atoms with Crippen molar-refractivity contribution in [3.8, 4) is 6.07 Å². The highest BCUT2D eigenvalue weighted by molar-refractivity contribution is 6.69. The number of ether oxygens (including phenoxy) is 1. The van der Waals surface area contributed by atoms with Crippen molar-refractivity contribution in [1.82, 2.24) is 5.06 Å². The molecule has 0 aromatic heterocycles. The summed E-state index contributed by atoms with van der Waals surface area (Å²) in [6.07, 6.45) is -0.278. The summed E-state index contributed by atoms with van der Waals surface area (Å²) in [4.78, 5) is 0. The molecule has 138 valence electrons. The lowest BCUT2D eigenvalue weighted by molar-refractivity contribution is -0.136. The first kappa shape index (κ1) is 20.3. The number of benzene rings is 2. The second-order valence-corrected chi connectivity index (χ2v) is 11.7. The van der Waals surface area contributed by atoms with Gasteiger partial charge in [-0.1, -0.05) is 60.7 Å². The monoisotopic (exact) mass is 368 g/mol. The Morgan fingerprint density at radius 3 is 2.00 bits per heavy atom. The summed E-state index contributed by atoms with van der Waals surface area (Å²) in [6.45, 7) is 9.33. The SMILES string of the molecule is C[C@H](OCc1ccccc1)[C@@H](C#N)N(Cc1ccccc1)O[Si](C)(C)C. The van der Waals surface area contributed by atoms with Gasteiger partial charge in [0.15, 0.2) is 0 Å². The molecule has 26 heavy (non-hydrogen) atoms. The quantitative estimate of drug-likeness (QED) is 0.473. The van der Waals surface area contributed by atoms with E-state index in [0.717, 1.165) is 11.1 Å². The highest BCUT2D eigenvalue weighted by Gasteiger charge is 2.30. The first-order valence-corrected chi connectivity index (χ1v) is 12.3. The Bertz CT molecular complexity index is 695. The Morgan fingerprint density at radius 1 is 0.962 bits per heavy atom. The molecule has 0 fully saturated rings. The maximum absolute atomic E-state index is 9.80. The predicted molar refractivity (Wildman–Crippen MR) is 107 cm³/mol. The van der Waals surface area contributed by atoms with Crippen molar-refractivity contribution in [3.63, 3.8) is 0 Å². The molecule has 5 heteroatoms. The second-order valence-electron chi connectivity index (χ2n) is 7.34. The van der Waals surface area contributed by atoms with E-state index in [0.29, 0.717) is 13.2 Å². The normalized spacial score (nSPS) is 14.0. The average Bonchev–Trinajstić information content (AvgIpc) is 2.61. The number of hydrogen-bond acceptors (Lipinski definition) is 4. The number of nitriles is 1. The van der Waals surface area contributed by atoms with Crippen LogP contribution < -0.4 is 0 Å². The van der Waals surface area contributed by atoms with Crippen LogP contribution in [-0.4, -0.2) is 25.5 Å². The van der Waals surface area contributed by atoms with E-state index in [2.05, 4.69) is 25.7 Å². The lowest BCUT2D eigenvalue weighted by Crippen LogP contribution is -2.47. The van der Waals surface area contributed by atoms with E-state index in [-0.39, 0.29) is 6.10 Å². The van der Waals surface area contributed by atoms with Crippen molar-refractivity contribution in [2.45, 2.75) is 51.9 Å². The van der Waals surface area contributed by atoms with Gasteiger partial charge in [0.2, 0.25) is 8.32 Å². The van der Waals surface area contributed by atoms with E-state index < -0.39 is 14.4 Å². The topological polar surface area (TPSA) is 45.5 Å². The Hall–Kier alpha value is -1.97. The third-order valence-corrected chi connectivity index (χ3v) is 4.60. The van der Waals surface area contributed by atoms with Crippen molar-refractivity contribution in [2.24, 2.45) is 0 Å². The van der Waals surface area contributed by atoms with Gasteiger partial charge in [-0.2, -0.15) is 10.3 Å². The van der Waals surface area contributed by atoms with Crippen LogP contribution in [0.2, 0.25) is 19.6 Å². The van der Waals surface area contributed by atoms with Crippen LogP contribution in [0, 0.1) is 11.3 Å². The van der Waals surface area contributed by atoms with E-state index in [9.17, 15) is 5.26 Å². The van der Waals surface area contributed by atoms with E-state index >= 15 is 0 Å². The molecular weight excluding hydrogens is 340 g/mol. The minimum absolute atomic E-state index is 0.278. The Morgan fingerprint density at radius 2 is 1.50 bits per heavy atom. The lowest BCUT2D eigenvalue weighted by Gasteiger charge is -2.35. The molecule has 0 saturated carbocycles. The molecule has 0 bridgehead atoms. The Labute approximate surface area is 158 Å². The number of hydroxylamine groups is 2. The van der Waals surface area contributed by atoms with Crippen LogP contribution in [0.4, 0.5) is 0 Å². The van der Waals surface area contributed by atoms with Gasteiger partial charge in [-0.3, -0.25) is 0 Å². The summed E-state index contributed by atoms with van der Waals surface area (Å²) in [5.41, 5.74) is 2.21. The molecule has 2 atom stereocenters. The van der Waals surface area contributed by atoms with Gasteiger partial charge in [-0.05, 0) is 37.7 Å². The van der Waals surface area contributed by atoms with Gasteiger partial charge in [0.05, 0.1) is 18.8 Å². The molecule has 0 aliphatic carbocycles. The zero-order valence-corrected chi connectivity index (χ0v) is 17.1. The molecule has 4 nitrogen and oxygen atoms in total. The van der Waals surface area contributed by atoms with Gasteiger partial charge in [-0.15, -0.1) is 0 Å². The molecule has 0 aliphatic heterocycles. The summed E-state index contributed by atoms with van der Waals surface area (Å²) in [7, 11) is -1.87. The van der Waals surface area contributed by atoms with Crippen molar-refractivity contribution in [1.29, 1.82) is 5.26 Å². The Kier molecular flexibility index (Phi) is 7.55. The van der Waals surface area contributed by atoms with Gasteiger partial charge >= 0.3 is 0 Å². The summed E-state index contributed by atoms with van der Waals surface area (Å²) in [6, 6.07) is 22.0. The minimum atomic E-state index is -1.87. The van der Waals surface area contributed by atoms with Crippen LogP contribution in [0.1, 0.15) is 18.1 Å². The van der Waals surface area contributed by atoms with E-state index in [1.54, 1.807) is 5.06 Å². The molecular formula is C21H28N2O2Si. The lowest BCUT2D eigenvalue weighted by atomic mass is 10.1. The van der Waals surface area contributed by atoms with Crippen LogP contribution in [0.3, 0.4) is 0 Å². The molecule has 0 aliphatic rings. The van der Waals surface area contributed by atoms with Crippen molar-refractivity contribution in [2.75, 3.05) is 0 Å². The first-order valence-electron chi connectivity index (χ1n) is 8.94. The van der Waals surface area contributed by atoms with Gasteiger partial charge in [-0.25, -0.2) is 0 Å². The molecule has 0 heterocycles. The van der Waals surface area contributed by atoms with Gasteiger partial charge < -0.3 is 9.26 Å². The molecule has 2 rings (SSSR count). The third kappa shape index (κ3) is 6.73. The van der Waals surface area contributed by atoms with Crippen LogP contribution in [0.5, 0.6) is 0 Å². The Balaban J connectivity index is 2.09. The number of hydrogen-bond donors (Lipinski definition) is 0. The molecule has 0 unspecified atom stereocenters. The maximum Gasteiger partial charge on any atom is 0.212 e. The van der Waals surface area contributed by atoms with Crippen molar-refractivity contribution < 1.29 is 9.26 Å². The molecule has 0 amide bonds. The fraction of sp³-hybridized carbons (Fsp3) is 0.381. The van der Waals surface area contributed by atoms with Crippen LogP contribution in [0.25, 0.3) is 0 Å². The smallest absolute Gasteiger partial charge is 0.212 e. The summed E-state index contributed by atoms with van der Waals surface area (Å²) >= 11 is 0. The number of rotatable bonds is 9. The van der Waals surface area contributed by atoms with Crippen LogP contribution in [-0.2, 0) is 22.4 Å². The molecule has 0 saturated heterocycles. The predicted octanol–water partition coefficient (Wildman–Crippen LogP) is 4.75. The fourth-order valence-electron chi connectivity index (χ4n) is 2.60. The molecule has 0 N–H and O–H groups in total. The van der Waals surface area contributed by atoms with Gasteiger partial charge in [0.1, 0.15) is 6.04 Å². The second kappa shape index (κ2) is 9.65. The van der Waals surface area contributed by atoms with Crippen LogP contribution >= 0.6 is 0 Å². The minimum Gasteiger partial charge on any atom is -0.371 e. The van der Waals surface area contributed by atoms with Gasteiger partial charge in [0, 0.05) is 6.54 Å². The van der Waals surface area contributed by atoms with E-state index in [1.807, 2.05) is 67.6 Å². The van der Waals surface area contributed by atoms with Crippen LogP contribution in [0.15, 0.2) is 60.7 Å². The zero-order chi connectivity index (χ0) is 19.0. The van der Waals surface area contributed by atoms with Gasteiger partial charge in [0.25, 0.3) is 0 Å². The average molecular weight is 369 g/mol. The highest BCUT2D eigenvalue weighted by Crippen LogP contribution is 2.18. The third-order valence-electron chi connectivity index (χ3n) is 3.82. The maximum atomic E-state index is 9.80. The summed E-state index contributed by atoms with van der Waals surface area (Å²) in [5, 5.41) is 11.6. The number of nitrogens with zero attached hydrogens (tertiary/aromatic N) is 2. The molecule has 2 aromatic rings. The molecule has 2 aromatic carbocycles. The highest BCUT2D eigenvalue weighted by atomic mass is 28.4. The van der Waals surface area contributed by atoms with Crippen molar-refractivity contribution in [3.05, 3.63) is 71.8 Å². The standard InChI is InChI=1S/C21H28N2O2Si/c1-18(24-17-20-13-9-6-10-14-20)21(15-22)23(25-26(2,3)4)16-19-11-7-5-8-12-19/h5-14,18,21H,16-17H2,1-4H3/t18-,21+/m0/s1.